The van der Waals surface area contributed by atoms with Crippen LogP contribution in [0.5, 0.6) is 5.88 Å². The summed E-state index contributed by atoms with van der Waals surface area (Å²) >= 11 is 7.29. The fraction of sp³-hybridized carbons (Fsp3) is 0.300. The first-order chi connectivity index (χ1) is 17.3. The van der Waals surface area contributed by atoms with Gasteiger partial charge in [0.05, 0.1) is 12.6 Å². The lowest BCUT2D eigenvalue weighted by molar-refractivity contribution is -0.0581. The highest BCUT2D eigenvalue weighted by Crippen LogP contribution is 2.53. The zero-order valence-corrected chi connectivity index (χ0v) is 23.9. The van der Waals surface area contributed by atoms with Gasteiger partial charge in [0.25, 0.3) is 0 Å². The number of hydrogen-bond acceptors (Lipinski definition) is 4. The molecule has 1 aromatic heterocycles. The van der Waals surface area contributed by atoms with Crippen molar-refractivity contribution < 1.29 is 9.84 Å². The zero-order chi connectivity index (χ0) is 25.4. The standard InChI is InChI=1S/C30H30Br2N2O2/c1-34(2)18-22-11-9-19-10-12-24(32)17-26(19)30(22,35)28(20-7-5-4-6-8-20)25-16-21-15-23(31)13-14-27(21)33-29(25)36-3/h4-8,10,12-17,22,28,35H,9,11,18H2,1-3H3/t22-,28-,30+/m1/s1. The van der Waals surface area contributed by atoms with E-state index in [2.05, 4.69) is 93.3 Å². The number of methoxy groups -OCH3 is 1. The number of ether oxygens (including phenoxy) is 1. The van der Waals surface area contributed by atoms with Crippen molar-refractivity contribution in [1.29, 1.82) is 0 Å². The van der Waals surface area contributed by atoms with Crippen molar-refractivity contribution in [3.8, 4) is 5.88 Å². The third-order valence-electron chi connectivity index (χ3n) is 7.32. The van der Waals surface area contributed by atoms with E-state index in [0.29, 0.717) is 5.88 Å². The van der Waals surface area contributed by atoms with Crippen molar-refractivity contribution in [2.75, 3.05) is 27.7 Å². The lowest BCUT2D eigenvalue weighted by atomic mass is 9.62. The van der Waals surface area contributed by atoms with E-state index < -0.39 is 5.60 Å². The Morgan fingerprint density at radius 1 is 1.03 bits per heavy atom. The van der Waals surface area contributed by atoms with Crippen molar-refractivity contribution in [3.63, 3.8) is 0 Å². The average Bonchev–Trinajstić information content (AvgIpc) is 2.86. The number of pyridine rings is 1. The van der Waals surface area contributed by atoms with Crippen LogP contribution in [-0.2, 0) is 12.0 Å². The quantitative estimate of drug-likeness (QED) is 0.258. The van der Waals surface area contributed by atoms with E-state index in [9.17, 15) is 5.11 Å². The molecule has 0 spiro atoms. The van der Waals surface area contributed by atoms with Gasteiger partial charge in [0.2, 0.25) is 5.88 Å². The SMILES string of the molecule is COc1nc2ccc(Br)cc2cc1[C@@H](c1ccccc1)[C@@]1(O)c2cc(Br)ccc2CC[C@@H]1CN(C)C. The summed E-state index contributed by atoms with van der Waals surface area (Å²) < 4.78 is 7.85. The average molecular weight is 610 g/mol. The van der Waals surface area contributed by atoms with Gasteiger partial charge >= 0.3 is 0 Å². The number of halogens is 2. The number of hydrogen-bond donors (Lipinski definition) is 1. The summed E-state index contributed by atoms with van der Waals surface area (Å²) in [5.41, 5.74) is 3.75. The summed E-state index contributed by atoms with van der Waals surface area (Å²) in [6, 6.07) is 24.8. The van der Waals surface area contributed by atoms with Gasteiger partial charge in [0, 0.05) is 38.3 Å². The van der Waals surface area contributed by atoms with Crippen LogP contribution < -0.4 is 4.74 Å². The molecular weight excluding hydrogens is 580 g/mol. The highest BCUT2D eigenvalue weighted by atomic mass is 79.9. The Hall–Kier alpha value is -2.25. The molecule has 5 rings (SSSR count). The molecule has 0 bridgehead atoms. The van der Waals surface area contributed by atoms with E-state index >= 15 is 0 Å². The van der Waals surface area contributed by atoms with Gasteiger partial charge in [-0.2, -0.15) is 0 Å². The minimum absolute atomic E-state index is 0.00224. The third-order valence-corrected chi connectivity index (χ3v) is 8.31. The van der Waals surface area contributed by atoms with Crippen LogP contribution in [0.15, 0.2) is 81.7 Å². The van der Waals surface area contributed by atoms with E-state index in [4.69, 9.17) is 9.72 Å². The van der Waals surface area contributed by atoms with Crippen molar-refractivity contribution in [1.82, 2.24) is 9.88 Å². The van der Waals surface area contributed by atoms with Crippen molar-refractivity contribution in [3.05, 3.63) is 104 Å². The molecule has 0 unspecified atom stereocenters. The van der Waals surface area contributed by atoms with E-state index in [0.717, 1.165) is 55.9 Å². The van der Waals surface area contributed by atoms with Crippen LogP contribution in [0.3, 0.4) is 0 Å². The van der Waals surface area contributed by atoms with Crippen LogP contribution in [0.25, 0.3) is 10.9 Å². The second kappa shape index (κ2) is 10.3. The Morgan fingerprint density at radius 2 is 1.75 bits per heavy atom. The van der Waals surface area contributed by atoms with Crippen LogP contribution in [0.2, 0.25) is 0 Å². The first kappa shape index (κ1) is 25.4. The third kappa shape index (κ3) is 4.60. The van der Waals surface area contributed by atoms with Gasteiger partial charge in [-0.1, -0.05) is 68.3 Å². The van der Waals surface area contributed by atoms with Gasteiger partial charge in [-0.25, -0.2) is 4.98 Å². The molecule has 1 heterocycles. The second-order valence-electron chi connectivity index (χ2n) is 9.89. The number of rotatable bonds is 6. The number of nitrogens with zero attached hydrogens (tertiary/aromatic N) is 2. The Kier molecular flexibility index (Phi) is 7.23. The van der Waals surface area contributed by atoms with Gasteiger partial charge in [-0.3, -0.25) is 0 Å². The fourth-order valence-corrected chi connectivity index (χ4v) is 6.54. The molecule has 0 saturated heterocycles. The monoisotopic (exact) mass is 608 g/mol. The van der Waals surface area contributed by atoms with Crippen molar-refractivity contribution in [2.24, 2.45) is 5.92 Å². The van der Waals surface area contributed by atoms with Gasteiger partial charge in [0.1, 0.15) is 5.60 Å². The van der Waals surface area contributed by atoms with Crippen LogP contribution in [0, 0.1) is 5.92 Å². The van der Waals surface area contributed by atoms with Gasteiger partial charge in [-0.15, -0.1) is 0 Å². The second-order valence-corrected chi connectivity index (χ2v) is 11.7. The number of aryl methyl sites for hydroxylation is 1. The van der Waals surface area contributed by atoms with Crippen LogP contribution in [-0.4, -0.2) is 42.7 Å². The smallest absolute Gasteiger partial charge is 0.217 e. The fourth-order valence-electron chi connectivity index (χ4n) is 5.80. The number of aliphatic hydroxyl groups is 1. The molecule has 186 valence electrons. The Morgan fingerprint density at radius 3 is 2.47 bits per heavy atom. The molecule has 3 aromatic carbocycles. The zero-order valence-electron chi connectivity index (χ0n) is 20.7. The summed E-state index contributed by atoms with van der Waals surface area (Å²) in [5, 5.41) is 14.1. The molecule has 1 aliphatic rings. The molecular formula is C30H30Br2N2O2. The highest BCUT2D eigenvalue weighted by molar-refractivity contribution is 9.10. The van der Waals surface area contributed by atoms with Crippen LogP contribution in [0.1, 0.15) is 34.6 Å². The normalized spacial score (nSPS) is 20.4. The molecule has 6 heteroatoms. The molecule has 0 fully saturated rings. The minimum Gasteiger partial charge on any atom is -0.481 e. The predicted molar refractivity (Wildman–Crippen MR) is 153 cm³/mol. The Labute approximate surface area is 229 Å². The minimum atomic E-state index is -1.18. The van der Waals surface area contributed by atoms with Crippen molar-refractivity contribution in [2.45, 2.75) is 24.4 Å². The number of aromatic nitrogens is 1. The molecule has 1 N–H and O–H groups in total. The molecule has 0 radical (unpaired) electrons. The highest BCUT2D eigenvalue weighted by Gasteiger charge is 2.50. The van der Waals surface area contributed by atoms with Gasteiger partial charge in [-0.05, 0) is 80.0 Å². The lowest BCUT2D eigenvalue weighted by Crippen LogP contribution is -2.48. The molecule has 3 atom stereocenters. The molecule has 0 aliphatic heterocycles. The predicted octanol–water partition coefficient (Wildman–Crippen LogP) is 6.91. The maximum Gasteiger partial charge on any atom is 0.217 e. The molecule has 4 nitrogen and oxygen atoms in total. The van der Waals surface area contributed by atoms with Crippen molar-refractivity contribution >= 4 is 42.8 Å². The topological polar surface area (TPSA) is 45.6 Å². The first-order valence-corrected chi connectivity index (χ1v) is 13.7. The summed E-state index contributed by atoms with van der Waals surface area (Å²) in [4.78, 5) is 7.07. The summed E-state index contributed by atoms with van der Waals surface area (Å²) in [5.74, 6) is 0.156. The largest absolute Gasteiger partial charge is 0.481 e. The van der Waals surface area contributed by atoms with E-state index in [-0.39, 0.29) is 11.8 Å². The lowest BCUT2D eigenvalue weighted by Gasteiger charge is -2.48. The van der Waals surface area contributed by atoms with E-state index in [1.807, 2.05) is 30.3 Å². The number of fused-ring (bicyclic) bond motifs is 2. The first-order valence-electron chi connectivity index (χ1n) is 12.2. The van der Waals surface area contributed by atoms with Gasteiger partial charge < -0.3 is 14.7 Å². The molecule has 1 aliphatic carbocycles. The molecule has 0 amide bonds. The summed E-state index contributed by atoms with van der Waals surface area (Å²) in [7, 11) is 5.81. The maximum absolute atomic E-state index is 13.1. The van der Waals surface area contributed by atoms with Gasteiger partial charge in [0.15, 0.2) is 0 Å². The van der Waals surface area contributed by atoms with Crippen LogP contribution in [0.4, 0.5) is 0 Å². The van der Waals surface area contributed by atoms with E-state index in [1.54, 1.807) is 7.11 Å². The molecule has 0 saturated carbocycles. The molecule has 36 heavy (non-hydrogen) atoms. The number of benzene rings is 3. The Bertz CT molecular complexity index is 1390. The summed E-state index contributed by atoms with van der Waals surface area (Å²) in [6.07, 6.45) is 1.83. The Balaban J connectivity index is 1.84. The summed E-state index contributed by atoms with van der Waals surface area (Å²) in [6.45, 7) is 0.765. The van der Waals surface area contributed by atoms with Crippen LogP contribution >= 0.6 is 31.9 Å². The maximum atomic E-state index is 13.1. The molecule has 4 aromatic rings. The van der Waals surface area contributed by atoms with E-state index in [1.165, 1.54) is 5.56 Å².